The lowest BCUT2D eigenvalue weighted by Crippen LogP contribution is -2.30. The molecule has 1 aromatic carbocycles. The third-order valence-electron chi connectivity index (χ3n) is 5.01. The van der Waals surface area contributed by atoms with Gasteiger partial charge in [0.2, 0.25) is 0 Å². The highest BCUT2D eigenvalue weighted by Crippen LogP contribution is 2.51. The van der Waals surface area contributed by atoms with Crippen molar-refractivity contribution >= 4 is 0 Å². The first-order valence-electron chi connectivity index (χ1n) is 8.23. The molecule has 1 aliphatic heterocycles. The third kappa shape index (κ3) is 2.41. The number of benzene rings is 1. The second-order valence-electron chi connectivity index (χ2n) is 6.58. The number of aromatic hydroxyl groups is 1. The molecule has 2 aliphatic rings. The molecule has 2 nitrogen and oxygen atoms in total. The van der Waals surface area contributed by atoms with Crippen LogP contribution in [0.5, 0.6) is 11.5 Å². The smallest absolute Gasteiger partial charge is 0.127 e. The maximum atomic E-state index is 10.4. The van der Waals surface area contributed by atoms with Gasteiger partial charge in [0, 0.05) is 11.5 Å². The van der Waals surface area contributed by atoms with Crippen molar-refractivity contribution in [2.45, 2.75) is 70.8 Å². The minimum absolute atomic E-state index is 0.288. The fourth-order valence-electron chi connectivity index (χ4n) is 3.90. The summed E-state index contributed by atoms with van der Waals surface area (Å²) in [6, 6.07) is 4.15. The molecule has 3 rings (SSSR count). The van der Waals surface area contributed by atoms with Crippen LogP contribution in [0.25, 0.3) is 0 Å². The van der Waals surface area contributed by atoms with Gasteiger partial charge in [0.05, 0.1) is 0 Å². The maximum Gasteiger partial charge on any atom is 0.127 e. The number of fused-ring (bicyclic) bond motifs is 3. The van der Waals surface area contributed by atoms with Gasteiger partial charge in [-0.1, -0.05) is 33.1 Å². The summed E-state index contributed by atoms with van der Waals surface area (Å²) in [7, 11) is 0. The second kappa shape index (κ2) is 5.67. The van der Waals surface area contributed by atoms with Gasteiger partial charge in [-0.15, -0.1) is 0 Å². The summed E-state index contributed by atoms with van der Waals surface area (Å²) in [4.78, 5) is 0. The number of aryl methyl sites for hydroxylation is 1. The van der Waals surface area contributed by atoms with Crippen molar-refractivity contribution < 1.29 is 9.84 Å². The van der Waals surface area contributed by atoms with Crippen molar-refractivity contribution in [2.24, 2.45) is 5.92 Å². The average molecular weight is 274 g/mol. The predicted molar refractivity (Wildman–Crippen MR) is 81.5 cm³/mol. The molecule has 1 heterocycles. The molecule has 0 radical (unpaired) electrons. The summed E-state index contributed by atoms with van der Waals surface area (Å²) < 4.78 is 6.19. The van der Waals surface area contributed by atoms with Gasteiger partial charge < -0.3 is 9.84 Å². The van der Waals surface area contributed by atoms with Crippen LogP contribution in [-0.2, 0) is 6.42 Å². The van der Waals surface area contributed by atoms with E-state index < -0.39 is 0 Å². The highest BCUT2D eigenvalue weighted by molar-refractivity contribution is 5.53. The Morgan fingerprint density at radius 3 is 2.90 bits per heavy atom. The number of hydrogen-bond donors (Lipinski definition) is 1. The van der Waals surface area contributed by atoms with Gasteiger partial charge >= 0.3 is 0 Å². The van der Waals surface area contributed by atoms with E-state index in [0.717, 1.165) is 24.2 Å². The van der Waals surface area contributed by atoms with Crippen molar-refractivity contribution in [3.05, 3.63) is 23.3 Å². The summed E-state index contributed by atoms with van der Waals surface area (Å²) in [6.45, 7) is 4.50. The van der Waals surface area contributed by atoms with Crippen molar-refractivity contribution in [1.29, 1.82) is 0 Å². The molecule has 1 saturated carbocycles. The maximum absolute atomic E-state index is 10.4. The summed E-state index contributed by atoms with van der Waals surface area (Å²) in [5, 5.41) is 10.4. The summed E-state index contributed by atoms with van der Waals surface area (Å²) >= 11 is 0. The summed E-state index contributed by atoms with van der Waals surface area (Å²) in [5.41, 5.74) is 2.31. The molecule has 0 aromatic heterocycles. The van der Waals surface area contributed by atoms with E-state index >= 15 is 0 Å². The topological polar surface area (TPSA) is 29.5 Å². The molecule has 110 valence electrons. The molecule has 1 fully saturated rings. The van der Waals surface area contributed by atoms with Crippen LogP contribution in [0, 0.1) is 5.92 Å². The molecule has 2 heteroatoms. The van der Waals surface area contributed by atoms with E-state index in [9.17, 15) is 5.11 Å². The van der Waals surface area contributed by atoms with E-state index in [4.69, 9.17) is 4.74 Å². The van der Waals surface area contributed by atoms with Crippen LogP contribution in [0.4, 0.5) is 0 Å². The van der Waals surface area contributed by atoms with Crippen molar-refractivity contribution in [2.75, 3.05) is 0 Å². The number of ether oxygens (including phenoxy) is 1. The number of phenols is 1. The SMILES string of the molecule is CCCCCc1cc(O)c2c(c1)OC1C(C)CCCC21. The zero-order valence-corrected chi connectivity index (χ0v) is 12.7. The number of unbranched alkanes of at least 4 members (excludes halogenated alkanes) is 2. The standard InChI is InChI=1S/C18H26O2/c1-3-4-5-8-13-10-15(19)17-14-9-6-7-12(2)18(14)20-16(17)11-13/h10-12,14,18-19H,3-9H2,1-2H3. The quantitative estimate of drug-likeness (QED) is 0.800. The Morgan fingerprint density at radius 2 is 2.10 bits per heavy atom. The lowest BCUT2D eigenvalue weighted by Gasteiger charge is -2.30. The fourth-order valence-corrected chi connectivity index (χ4v) is 3.90. The molecular formula is C18H26O2. The zero-order valence-electron chi connectivity index (χ0n) is 12.7. The molecule has 3 atom stereocenters. The Kier molecular flexibility index (Phi) is 3.91. The Hall–Kier alpha value is -1.18. The molecule has 1 aliphatic carbocycles. The largest absolute Gasteiger partial charge is 0.508 e. The summed E-state index contributed by atoms with van der Waals surface area (Å²) in [5.74, 6) is 2.44. The fraction of sp³-hybridized carbons (Fsp3) is 0.667. The van der Waals surface area contributed by atoms with E-state index in [0.29, 0.717) is 17.6 Å². The van der Waals surface area contributed by atoms with Gasteiger partial charge in [-0.25, -0.2) is 0 Å². The highest BCUT2D eigenvalue weighted by atomic mass is 16.5. The van der Waals surface area contributed by atoms with Gasteiger partial charge in [-0.3, -0.25) is 0 Å². The number of phenolic OH excluding ortho intramolecular Hbond substituents is 1. The van der Waals surface area contributed by atoms with Crippen LogP contribution in [0.15, 0.2) is 12.1 Å². The van der Waals surface area contributed by atoms with Crippen LogP contribution in [0.3, 0.4) is 0 Å². The highest BCUT2D eigenvalue weighted by Gasteiger charge is 2.41. The lowest BCUT2D eigenvalue weighted by molar-refractivity contribution is 0.109. The molecule has 1 aromatic rings. The predicted octanol–water partition coefficient (Wildman–Crippen LogP) is 4.79. The number of rotatable bonds is 4. The average Bonchev–Trinajstić information content (AvgIpc) is 2.79. The van der Waals surface area contributed by atoms with E-state index in [1.165, 1.54) is 37.7 Å². The van der Waals surface area contributed by atoms with Gasteiger partial charge in [0.15, 0.2) is 0 Å². The third-order valence-corrected chi connectivity index (χ3v) is 5.01. The van der Waals surface area contributed by atoms with Crippen LogP contribution in [-0.4, -0.2) is 11.2 Å². The van der Waals surface area contributed by atoms with Gasteiger partial charge in [0.25, 0.3) is 0 Å². The van der Waals surface area contributed by atoms with Gasteiger partial charge in [-0.05, 0) is 49.3 Å². The molecule has 20 heavy (non-hydrogen) atoms. The van der Waals surface area contributed by atoms with Gasteiger partial charge in [-0.2, -0.15) is 0 Å². The van der Waals surface area contributed by atoms with E-state index in [-0.39, 0.29) is 6.10 Å². The Balaban J connectivity index is 1.83. The molecule has 0 amide bonds. The van der Waals surface area contributed by atoms with Crippen LogP contribution in [0.2, 0.25) is 0 Å². The molecule has 0 spiro atoms. The van der Waals surface area contributed by atoms with Crippen LogP contribution in [0.1, 0.15) is 69.4 Å². The second-order valence-corrected chi connectivity index (χ2v) is 6.58. The minimum atomic E-state index is 0.288. The Bertz CT molecular complexity index is 481. The number of hydrogen-bond acceptors (Lipinski definition) is 2. The van der Waals surface area contributed by atoms with Crippen LogP contribution >= 0.6 is 0 Å². The first kappa shape index (κ1) is 13.8. The Labute approximate surface area is 122 Å². The van der Waals surface area contributed by atoms with Crippen molar-refractivity contribution in [3.8, 4) is 11.5 Å². The monoisotopic (exact) mass is 274 g/mol. The van der Waals surface area contributed by atoms with Crippen molar-refractivity contribution in [3.63, 3.8) is 0 Å². The van der Waals surface area contributed by atoms with Gasteiger partial charge in [0.1, 0.15) is 17.6 Å². The first-order chi connectivity index (χ1) is 9.70. The molecule has 0 bridgehead atoms. The Morgan fingerprint density at radius 1 is 1.25 bits per heavy atom. The lowest BCUT2D eigenvalue weighted by atomic mass is 9.77. The summed E-state index contributed by atoms with van der Waals surface area (Å²) in [6.07, 6.45) is 8.67. The minimum Gasteiger partial charge on any atom is -0.508 e. The molecular weight excluding hydrogens is 248 g/mol. The molecule has 3 unspecified atom stereocenters. The normalized spacial score (nSPS) is 27.8. The van der Waals surface area contributed by atoms with Crippen molar-refractivity contribution in [1.82, 2.24) is 0 Å². The molecule has 1 N–H and O–H groups in total. The van der Waals surface area contributed by atoms with E-state index in [1.807, 2.05) is 6.07 Å². The van der Waals surface area contributed by atoms with E-state index in [2.05, 4.69) is 19.9 Å². The van der Waals surface area contributed by atoms with E-state index in [1.54, 1.807) is 0 Å². The zero-order chi connectivity index (χ0) is 14.1. The molecule has 0 saturated heterocycles. The van der Waals surface area contributed by atoms with Crippen LogP contribution < -0.4 is 4.74 Å². The first-order valence-corrected chi connectivity index (χ1v) is 8.23.